The van der Waals surface area contributed by atoms with E-state index in [-0.39, 0.29) is 24.0 Å². The van der Waals surface area contributed by atoms with Gasteiger partial charge in [-0.2, -0.15) is 0 Å². The van der Waals surface area contributed by atoms with Gasteiger partial charge in [-0.3, -0.25) is 9.89 Å². The van der Waals surface area contributed by atoms with Crippen LogP contribution < -0.4 is 5.32 Å². The van der Waals surface area contributed by atoms with E-state index in [9.17, 15) is 0 Å². The van der Waals surface area contributed by atoms with Gasteiger partial charge in [0.25, 0.3) is 0 Å². The fourth-order valence-corrected chi connectivity index (χ4v) is 5.18. The smallest absolute Gasteiger partial charge is 0.193 e. The number of benzene rings is 1. The Morgan fingerprint density at radius 2 is 1.73 bits per heavy atom. The van der Waals surface area contributed by atoms with E-state index in [4.69, 9.17) is 9.47 Å². The molecular weight excluding hydrogens is 527 g/mol. The molecule has 186 valence electrons. The molecule has 1 unspecified atom stereocenters. The summed E-state index contributed by atoms with van der Waals surface area (Å²) in [6.45, 7) is 7.98. The highest BCUT2D eigenvalue weighted by atomic mass is 127. The first-order chi connectivity index (χ1) is 15.8. The first-order valence-corrected chi connectivity index (χ1v) is 12.8. The number of aliphatic imine (C=N–C) groups is 1. The Balaban J connectivity index is 0.00000306. The second-order valence-electron chi connectivity index (χ2n) is 9.51. The summed E-state index contributed by atoms with van der Waals surface area (Å²) in [6, 6.07) is 8.88. The Kier molecular flexibility index (Phi) is 11.7. The lowest BCUT2D eigenvalue weighted by atomic mass is 10.1. The van der Waals surface area contributed by atoms with Gasteiger partial charge in [0.2, 0.25) is 0 Å². The minimum Gasteiger partial charge on any atom is -0.376 e. The Hall–Kier alpha value is -0.900. The van der Waals surface area contributed by atoms with E-state index >= 15 is 0 Å². The van der Waals surface area contributed by atoms with Crippen molar-refractivity contribution in [2.45, 2.75) is 76.7 Å². The van der Waals surface area contributed by atoms with Gasteiger partial charge in [0.05, 0.1) is 18.8 Å². The van der Waals surface area contributed by atoms with Crippen LogP contribution in [0.2, 0.25) is 0 Å². The molecule has 0 bridgehead atoms. The normalized spacial score (nSPS) is 23.2. The third kappa shape index (κ3) is 8.37. The van der Waals surface area contributed by atoms with Crippen molar-refractivity contribution < 1.29 is 9.47 Å². The zero-order valence-corrected chi connectivity index (χ0v) is 22.7. The molecule has 3 aliphatic heterocycles. The SMILES string of the molecule is CN=C(NCc1ccccc1CN1CCCCCC1)N1CCC(OCC2CCCO2)CC1.I. The molecule has 0 spiro atoms. The van der Waals surface area contributed by atoms with Crippen molar-refractivity contribution in [2.75, 3.05) is 46.4 Å². The van der Waals surface area contributed by atoms with Crippen LogP contribution in [0.3, 0.4) is 0 Å². The highest BCUT2D eigenvalue weighted by Gasteiger charge is 2.24. The van der Waals surface area contributed by atoms with Gasteiger partial charge in [-0.1, -0.05) is 37.1 Å². The number of likely N-dealkylation sites (tertiary alicyclic amines) is 2. The predicted molar refractivity (Wildman–Crippen MR) is 145 cm³/mol. The van der Waals surface area contributed by atoms with Crippen molar-refractivity contribution in [3.63, 3.8) is 0 Å². The van der Waals surface area contributed by atoms with Crippen LogP contribution in [0.15, 0.2) is 29.3 Å². The lowest BCUT2D eigenvalue weighted by molar-refractivity contribution is -0.0367. The number of ether oxygens (including phenoxy) is 2. The molecule has 33 heavy (non-hydrogen) atoms. The van der Waals surface area contributed by atoms with Crippen LogP contribution in [0.4, 0.5) is 0 Å². The largest absolute Gasteiger partial charge is 0.376 e. The molecule has 0 aliphatic carbocycles. The number of hydrogen-bond acceptors (Lipinski definition) is 4. The Labute approximate surface area is 217 Å². The topological polar surface area (TPSA) is 49.3 Å². The number of nitrogens with one attached hydrogen (secondary N) is 1. The van der Waals surface area contributed by atoms with Crippen molar-refractivity contribution in [3.8, 4) is 0 Å². The lowest BCUT2D eigenvalue weighted by Crippen LogP contribution is -2.47. The molecule has 0 saturated carbocycles. The summed E-state index contributed by atoms with van der Waals surface area (Å²) < 4.78 is 11.8. The third-order valence-electron chi connectivity index (χ3n) is 7.14. The highest BCUT2D eigenvalue weighted by Crippen LogP contribution is 2.19. The molecule has 0 amide bonds. The highest BCUT2D eigenvalue weighted by molar-refractivity contribution is 14.0. The molecule has 1 aromatic rings. The van der Waals surface area contributed by atoms with Crippen molar-refractivity contribution in [1.29, 1.82) is 0 Å². The number of guanidine groups is 1. The molecule has 6 nitrogen and oxygen atoms in total. The van der Waals surface area contributed by atoms with Gasteiger partial charge < -0.3 is 19.7 Å². The van der Waals surface area contributed by atoms with Crippen LogP contribution in [0, 0.1) is 0 Å². The molecule has 3 fully saturated rings. The van der Waals surface area contributed by atoms with Crippen molar-refractivity contribution in [3.05, 3.63) is 35.4 Å². The molecule has 3 heterocycles. The summed E-state index contributed by atoms with van der Waals surface area (Å²) in [6.07, 6.45) is 10.5. The first kappa shape index (κ1) is 26.7. The van der Waals surface area contributed by atoms with Crippen molar-refractivity contribution >= 4 is 29.9 Å². The van der Waals surface area contributed by atoms with E-state index in [1.165, 1.54) is 56.3 Å². The summed E-state index contributed by atoms with van der Waals surface area (Å²) in [5.41, 5.74) is 2.83. The maximum atomic E-state index is 6.14. The summed E-state index contributed by atoms with van der Waals surface area (Å²) >= 11 is 0. The predicted octanol–water partition coefficient (Wildman–Crippen LogP) is 4.42. The average Bonchev–Trinajstić information content (AvgIpc) is 3.23. The Morgan fingerprint density at radius 1 is 1.00 bits per heavy atom. The minimum absolute atomic E-state index is 0. The zero-order valence-electron chi connectivity index (χ0n) is 20.3. The molecule has 3 saturated heterocycles. The molecule has 4 rings (SSSR count). The molecule has 1 aromatic carbocycles. The first-order valence-electron chi connectivity index (χ1n) is 12.8. The van der Waals surface area contributed by atoms with Crippen molar-refractivity contribution in [2.24, 2.45) is 4.99 Å². The fourth-order valence-electron chi connectivity index (χ4n) is 5.18. The summed E-state index contributed by atoms with van der Waals surface area (Å²) in [4.78, 5) is 9.58. The standard InChI is InChI=1S/C26H42N4O2.HI/c1-27-26(30-16-12-24(13-17-30)32-21-25-11-8-18-31-25)28-19-22-9-4-5-10-23(22)20-29-14-6-2-3-7-15-29;/h4-5,9-10,24-25H,2-3,6-8,11-21H2,1H3,(H,27,28);1H. The monoisotopic (exact) mass is 570 g/mol. The lowest BCUT2D eigenvalue weighted by Gasteiger charge is -2.34. The summed E-state index contributed by atoms with van der Waals surface area (Å²) in [7, 11) is 1.89. The number of piperidine rings is 1. The van der Waals surface area contributed by atoms with Gasteiger partial charge >= 0.3 is 0 Å². The van der Waals surface area contributed by atoms with Crippen LogP contribution in [-0.2, 0) is 22.6 Å². The average molecular weight is 571 g/mol. The quantitative estimate of drug-likeness (QED) is 0.299. The summed E-state index contributed by atoms with van der Waals surface area (Å²) in [5.74, 6) is 1.01. The van der Waals surface area contributed by atoms with Gasteiger partial charge in [-0.25, -0.2) is 0 Å². The maximum Gasteiger partial charge on any atom is 0.193 e. The van der Waals surface area contributed by atoms with Crippen LogP contribution >= 0.6 is 24.0 Å². The van der Waals surface area contributed by atoms with E-state index in [1.54, 1.807) is 0 Å². The minimum atomic E-state index is 0. The molecule has 0 aromatic heterocycles. The second-order valence-corrected chi connectivity index (χ2v) is 9.51. The fraction of sp³-hybridized carbons (Fsp3) is 0.731. The van der Waals surface area contributed by atoms with Crippen LogP contribution in [-0.4, -0.2) is 74.4 Å². The number of hydrogen-bond donors (Lipinski definition) is 1. The molecule has 3 aliphatic rings. The molecule has 7 heteroatoms. The van der Waals surface area contributed by atoms with Gasteiger partial charge in [0, 0.05) is 39.8 Å². The Bertz CT molecular complexity index is 710. The van der Waals surface area contributed by atoms with Gasteiger partial charge in [0.1, 0.15) is 0 Å². The van der Waals surface area contributed by atoms with E-state index in [0.717, 1.165) is 64.6 Å². The number of nitrogens with zero attached hydrogens (tertiary/aromatic N) is 3. The Morgan fingerprint density at radius 3 is 2.39 bits per heavy atom. The van der Waals surface area contributed by atoms with Gasteiger partial charge in [0.15, 0.2) is 5.96 Å². The maximum absolute atomic E-state index is 6.14. The third-order valence-corrected chi connectivity index (χ3v) is 7.14. The van der Waals surface area contributed by atoms with Crippen LogP contribution in [0.1, 0.15) is 62.5 Å². The summed E-state index contributed by atoms with van der Waals surface area (Å²) in [5, 5.41) is 3.63. The van der Waals surface area contributed by atoms with Crippen molar-refractivity contribution in [1.82, 2.24) is 15.1 Å². The van der Waals surface area contributed by atoms with E-state index in [0.29, 0.717) is 12.2 Å². The van der Waals surface area contributed by atoms with Crippen LogP contribution in [0.25, 0.3) is 0 Å². The van der Waals surface area contributed by atoms with E-state index < -0.39 is 0 Å². The van der Waals surface area contributed by atoms with Crippen LogP contribution in [0.5, 0.6) is 0 Å². The molecule has 1 atom stereocenters. The van der Waals surface area contributed by atoms with Gasteiger partial charge in [-0.05, 0) is 62.7 Å². The second kappa shape index (κ2) is 14.5. The van der Waals surface area contributed by atoms with Gasteiger partial charge in [-0.15, -0.1) is 24.0 Å². The molecule has 1 N–H and O–H groups in total. The molecular formula is C26H43IN4O2. The molecule has 0 radical (unpaired) electrons. The van der Waals surface area contributed by atoms with E-state index in [1.807, 2.05) is 7.05 Å². The zero-order chi connectivity index (χ0) is 22.0. The van der Waals surface area contributed by atoms with E-state index in [2.05, 4.69) is 44.4 Å². The number of rotatable bonds is 7. The number of halogens is 1.